The van der Waals surface area contributed by atoms with Gasteiger partial charge in [-0.2, -0.15) is 4.68 Å². The Bertz CT molecular complexity index is 1250. The first kappa shape index (κ1) is 23.6. The Balaban J connectivity index is 1.30. The molecule has 4 rings (SSSR count). The van der Waals surface area contributed by atoms with Crippen molar-refractivity contribution < 1.29 is 14.3 Å². The average molecular weight is 496 g/mol. The Morgan fingerprint density at radius 2 is 1.88 bits per heavy atom. The minimum atomic E-state index is -0.144. The van der Waals surface area contributed by atoms with Crippen LogP contribution in [0.5, 0.6) is 11.5 Å². The summed E-state index contributed by atoms with van der Waals surface area (Å²) in [6, 6.07) is 22.7. The molecule has 0 fully saturated rings. The topological polar surface area (TPSA) is 91.2 Å². The van der Waals surface area contributed by atoms with E-state index in [0.29, 0.717) is 34.8 Å². The largest absolute Gasteiger partial charge is 0.493 e. The highest BCUT2D eigenvalue weighted by Gasteiger charge is 2.12. The Labute approximate surface area is 206 Å². The number of nitrogens with one attached hydrogen (secondary N) is 1. The number of benzene rings is 3. The van der Waals surface area contributed by atoms with Gasteiger partial charge in [-0.25, -0.2) is 0 Å². The molecule has 0 radical (unpaired) electrons. The second kappa shape index (κ2) is 11.5. The number of methoxy groups -OCH3 is 1. The lowest BCUT2D eigenvalue weighted by molar-refractivity contribution is -0.118. The van der Waals surface area contributed by atoms with Crippen LogP contribution in [0, 0.1) is 0 Å². The molecule has 10 heteroatoms. The third kappa shape index (κ3) is 6.27. The molecule has 0 unspecified atom stereocenters. The average Bonchev–Trinajstić information content (AvgIpc) is 3.34. The molecule has 1 heterocycles. The minimum absolute atomic E-state index is 0.144. The van der Waals surface area contributed by atoms with Gasteiger partial charge in [-0.15, -0.1) is 5.10 Å². The lowest BCUT2D eigenvalue weighted by Gasteiger charge is -2.13. The zero-order valence-electron chi connectivity index (χ0n) is 18.3. The standard InChI is InChI=1S/C24H22ClN5O3S/c1-32-22-12-18(10-11-21(22)33-15-17-6-3-2-4-7-17)14-26-23(31)16-34-24-27-28-29-30(24)20-9-5-8-19(25)13-20/h2-13H,14-16H2,1H3,(H,26,31). The molecule has 0 aliphatic heterocycles. The van der Waals surface area contributed by atoms with Crippen LogP contribution in [0.4, 0.5) is 0 Å². The van der Waals surface area contributed by atoms with Gasteiger partial charge >= 0.3 is 0 Å². The van der Waals surface area contributed by atoms with E-state index < -0.39 is 0 Å². The van der Waals surface area contributed by atoms with Crippen molar-refractivity contribution >= 4 is 29.3 Å². The molecule has 0 saturated carbocycles. The molecule has 3 aromatic carbocycles. The Hall–Kier alpha value is -3.56. The van der Waals surface area contributed by atoms with Gasteiger partial charge in [0.1, 0.15) is 6.61 Å². The molecular weight excluding hydrogens is 474 g/mol. The lowest BCUT2D eigenvalue weighted by atomic mass is 10.2. The molecule has 8 nitrogen and oxygen atoms in total. The first-order valence-electron chi connectivity index (χ1n) is 10.4. The van der Waals surface area contributed by atoms with Gasteiger partial charge in [0.2, 0.25) is 11.1 Å². The summed E-state index contributed by atoms with van der Waals surface area (Å²) >= 11 is 7.29. The smallest absolute Gasteiger partial charge is 0.230 e. The van der Waals surface area contributed by atoms with Gasteiger partial charge in [0.25, 0.3) is 0 Å². The number of carbonyl (C=O) groups excluding carboxylic acids is 1. The maximum atomic E-state index is 12.4. The number of hydrogen-bond acceptors (Lipinski definition) is 7. The number of ether oxygens (including phenoxy) is 2. The number of aromatic nitrogens is 4. The SMILES string of the molecule is COc1cc(CNC(=O)CSc2nnnn2-c2cccc(Cl)c2)ccc1OCc1ccccc1. The third-order valence-corrected chi connectivity index (χ3v) is 5.94. The van der Waals surface area contributed by atoms with E-state index in [4.69, 9.17) is 21.1 Å². The Kier molecular flexibility index (Phi) is 8.00. The summed E-state index contributed by atoms with van der Waals surface area (Å²) in [6.07, 6.45) is 0. The van der Waals surface area contributed by atoms with Crippen molar-refractivity contribution in [3.63, 3.8) is 0 Å². The fourth-order valence-corrected chi connectivity index (χ4v) is 4.00. The fraction of sp³-hybridized carbons (Fsp3) is 0.167. The number of carbonyl (C=O) groups is 1. The monoisotopic (exact) mass is 495 g/mol. The van der Waals surface area contributed by atoms with E-state index in [1.165, 1.54) is 11.8 Å². The highest BCUT2D eigenvalue weighted by atomic mass is 35.5. The van der Waals surface area contributed by atoms with Crippen LogP contribution in [-0.2, 0) is 17.9 Å². The number of nitrogens with zero attached hydrogens (tertiary/aromatic N) is 4. The predicted molar refractivity (Wildman–Crippen MR) is 131 cm³/mol. The molecular formula is C24H22ClN5O3S. The van der Waals surface area contributed by atoms with Crippen molar-refractivity contribution in [3.8, 4) is 17.2 Å². The quantitative estimate of drug-likeness (QED) is 0.328. The van der Waals surface area contributed by atoms with Crippen LogP contribution < -0.4 is 14.8 Å². The zero-order valence-corrected chi connectivity index (χ0v) is 19.9. The Morgan fingerprint density at radius 1 is 1.03 bits per heavy atom. The number of thioether (sulfide) groups is 1. The van der Waals surface area contributed by atoms with Crippen molar-refractivity contribution in [1.29, 1.82) is 0 Å². The second-order valence-electron chi connectivity index (χ2n) is 7.18. The minimum Gasteiger partial charge on any atom is -0.493 e. The highest BCUT2D eigenvalue weighted by molar-refractivity contribution is 7.99. The summed E-state index contributed by atoms with van der Waals surface area (Å²) in [4.78, 5) is 12.4. The van der Waals surface area contributed by atoms with Crippen molar-refractivity contribution in [3.05, 3.63) is 88.9 Å². The number of amides is 1. The number of hydrogen-bond donors (Lipinski definition) is 1. The summed E-state index contributed by atoms with van der Waals surface area (Å²) in [5, 5.41) is 15.7. The van der Waals surface area contributed by atoms with E-state index in [1.807, 2.05) is 60.7 Å². The molecule has 34 heavy (non-hydrogen) atoms. The van der Waals surface area contributed by atoms with Gasteiger partial charge in [-0.05, 0) is 51.9 Å². The van der Waals surface area contributed by atoms with Crippen molar-refractivity contribution in [2.45, 2.75) is 18.3 Å². The summed E-state index contributed by atoms with van der Waals surface area (Å²) < 4.78 is 12.9. The lowest BCUT2D eigenvalue weighted by Crippen LogP contribution is -2.24. The Morgan fingerprint density at radius 3 is 2.68 bits per heavy atom. The molecule has 1 N–H and O–H groups in total. The maximum Gasteiger partial charge on any atom is 0.230 e. The highest BCUT2D eigenvalue weighted by Crippen LogP contribution is 2.29. The van der Waals surface area contributed by atoms with Gasteiger partial charge in [-0.3, -0.25) is 4.79 Å². The number of rotatable bonds is 10. The van der Waals surface area contributed by atoms with Crippen LogP contribution in [0.3, 0.4) is 0 Å². The van der Waals surface area contributed by atoms with Gasteiger partial charge in [0.05, 0.1) is 18.6 Å². The zero-order chi connectivity index (χ0) is 23.8. The summed E-state index contributed by atoms with van der Waals surface area (Å²) in [5.74, 6) is 1.27. The van der Waals surface area contributed by atoms with Gasteiger partial charge in [0.15, 0.2) is 11.5 Å². The van der Waals surface area contributed by atoms with E-state index in [0.717, 1.165) is 16.8 Å². The molecule has 0 bridgehead atoms. The van der Waals surface area contributed by atoms with E-state index >= 15 is 0 Å². The van der Waals surface area contributed by atoms with E-state index in [9.17, 15) is 4.79 Å². The van der Waals surface area contributed by atoms with Gasteiger partial charge in [-0.1, -0.05) is 65.8 Å². The van der Waals surface area contributed by atoms with Crippen LogP contribution in [0.1, 0.15) is 11.1 Å². The van der Waals surface area contributed by atoms with Crippen molar-refractivity contribution in [1.82, 2.24) is 25.5 Å². The third-order valence-electron chi connectivity index (χ3n) is 4.78. The molecule has 0 atom stereocenters. The van der Waals surface area contributed by atoms with Crippen LogP contribution in [-0.4, -0.2) is 39.0 Å². The normalized spacial score (nSPS) is 10.6. The molecule has 1 aromatic heterocycles. The summed E-state index contributed by atoms with van der Waals surface area (Å²) in [6.45, 7) is 0.799. The molecule has 0 spiro atoms. The first-order valence-corrected chi connectivity index (χ1v) is 11.8. The van der Waals surface area contributed by atoms with Crippen LogP contribution in [0.25, 0.3) is 5.69 Å². The van der Waals surface area contributed by atoms with Crippen LogP contribution in [0.2, 0.25) is 5.02 Å². The first-order chi connectivity index (χ1) is 16.6. The van der Waals surface area contributed by atoms with Gasteiger partial charge in [0, 0.05) is 11.6 Å². The molecule has 4 aromatic rings. The molecule has 174 valence electrons. The molecule has 0 saturated heterocycles. The van der Waals surface area contributed by atoms with E-state index in [-0.39, 0.29) is 11.7 Å². The van der Waals surface area contributed by atoms with E-state index in [1.54, 1.807) is 23.9 Å². The maximum absolute atomic E-state index is 12.4. The van der Waals surface area contributed by atoms with Crippen molar-refractivity contribution in [2.75, 3.05) is 12.9 Å². The van der Waals surface area contributed by atoms with Crippen LogP contribution in [0.15, 0.2) is 78.0 Å². The second-order valence-corrected chi connectivity index (χ2v) is 8.56. The predicted octanol–water partition coefficient (Wildman–Crippen LogP) is 4.31. The van der Waals surface area contributed by atoms with Crippen molar-refractivity contribution in [2.24, 2.45) is 0 Å². The number of tetrazole rings is 1. The summed E-state index contributed by atoms with van der Waals surface area (Å²) in [7, 11) is 1.59. The molecule has 0 aliphatic carbocycles. The fourth-order valence-electron chi connectivity index (χ4n) is 3.10. The van der Waals surface area contributed by atoms with Crippen LogP contribution >= 0.6 is 23.4 Å². The van der Waals surface area contributed by atoms with Gasteiger partial charge < -0.3 is 14.8 Å². The molecule has 0 aliphatic rings. The summed E-state index contributed by atoms with van der Waals surface area (Å²) in [5.41, 5.74) is 2.69. The molecule has 1 amide bonds. The number of halogens is 1. The van der Waals surface area contributed by atoms with E-state index in [2.05, 4.69) is 20.8 Å².